The summed E-state index contributed by atoms with van der Waals surface area (Å²) >= 11 is 0. The molecule has 10 nitrogen and oxygen atoms in total. The van der Waals surface area contributed by atoms with Gasteiger partial charge in [0.15, 0.2) is 11.6 Å². The normalized spacial score (nSPS) is 14.5. The summed E-state index contributed by atoms with van der Waals surface area (Å²) in [4.78, 5) is 19.1. The predicted molar refractivity (Wildman–Crippen MR) is 97.7 cm³/mol. The summed E-state index contributed by atoms with van der Waals surface area (Å²) in [5.41, 5.74) is 0. The number of nitrogens with zero attached hydrogens (tertiary/aromatic N) is 10. The van der Waals surface area contributed by atoms with Crippen molar-refractivity contribution in [3.05, 3.63) is 37.2 Å². The van der Waals surface area contributed by atoms with Crippen molar-refractivity contribution in [3.8, 4) is 5.82 Å². The second-order valence-corrected chi connectivity index (χ2v) is 6.19. The van der Waals surface area contributed by atoms with Gasteiger partial charge in [-0.15, -0.1) is 10.2 Å². The summed E-state index contributed by atoms with van der Waals surface area (Å²) in [6, 6.07) is 5.88. The predicted octanol–water partition coefficient (Wildman–Crippen LogP) is 0.240. The zero-order valence-electron chi connectivity index (χ0n) is 14.8. The molecule has 0 radical (unpaired) electrons. The van der Waals surface area contributed by atoms with Gasteiger partial charge >= 0.3 is 0 Å². The lowest BCUT2D eigenvalue weighted by Crippen LogP contribution is -2.47. The Hall–Kier alpha value is -3.30. The summed E-state index contributed by atoms with van der Waals surface area (Å²) in [5.74, 6) is 3.38. The third-order valence-electron chi connectivity index (χ3n) is 4.31. The Kier molecular flexibility index (Phi) is 4.30. The van der Waals surface area contributed by atoms with Crippen molar-refractivity contribution in [2.24, 2.45) is 0 Å². The molecule has 0 amide bonds. The van der Waals surface area contributed by atoms with Crippen molar-refractivity contribution in [1.82, 2.24) is 34.9 Å². The van der Waals surface area contributed by atoms with Crippen LogP contribution in [0.15, 0.2) is 37.2 Å². The second-order valence-electron chi connectivity index (χ2n) is 6.19. The Morgan fingerprint density at radius 3 is 2.15 bits per heavy atom. The minimum absolute atomic E-state index is 0.655. The van der Waals surface area contributed by atoms with Gasteiger partial charge in [-0.05, 0) is 12.1 Å². The molecule has 0 saturated carbocycles. The fraction of sp³-hybridized carbons (Fsp3) is 0.375. The van der Waals surface area contributed by atoms with E-state index in [2.05, 4.69) is 40.0 Å². The first kappa shape index (κ1) is 16.2. The highest BCUT2D eigenvalue weighted by molar-refractivity contribution is 5.51. The Morgan fingerprint density at radius 1 is 0.846 bits per heavy atom. The number of anilines is 3. The van der Waals surface area contributed by atoms with E-state index in [0.717, 1.165) is 43.6 Å². The highest BCUT2D eigenvalue weighted by atomic mass is 15.4. The molecule has 134 valence electrons. The van der Waals surface area contributed by atoms with Gasteiger partial charge in [-0.1, -0.05) is 0 Å². The molecule has 0 bridgehead atoms. The van der Waals surface area contributed by atoms with E-state index < -0.39 is 0 Å². The van der Waals surface area contributed by atoms with Crippen LogP contribution in [0, 0.1) is 0 Å². The molecule has 4 heterocycles. The Balaban J connectivity index is 1.41. The van der Waals surface area contributed by atoms with E-state index in [-0.39, 0.29) is 0 Å². The molecule has 1 aliphatic rings. The van der Waals surface area contributed by atoms with E-state index in [0.29, 0.717) is 5.82 Å². The quantitative estimate of drug-likeness (QED) is 0.654. The molecule has 3 aromatic rings. The zero-order chi connectivity index (χ0) is 17.9. The Labute approximate surface area is 151 Å². The molecule has 3 aromatic heterocycles. The molecule has 1 fully saturated rings. The van der Waals surface area contributed by atoms with Crippen LogP contribution in [0.4, 0.5) is 17.5 Å². The van der Waals surface area contributed by atoms with Crippen molar-refractivity contribution in [3.63, 3.8) is 0 Å². The molecule has 0 aromatic carbocycles. The molecule has 0 N–H and O–H groups in total. The fourth-order valence-electron chi connectivity index (χ4n) is 2.85. The first-order valence-electron chi connectivity index (χ1n) is 8.39. The molecular formula is C16H20N10. The molecular weight excluding hydrogens is 332 g/mol. The van der Waals surface area contributed by atoms with Crippen molar-refractivity contribution in [1.29, 1.82) is 0 Å². The summed E-state index contributed by atoms with van der Waals surface area (Å²) in [5, 5.41) is 12.6. The summed E-state index contributed by atoms with van der Waals surface area (Å²) in [7, 11) is 3.96. The maximum atomic E-state index is 4.41. The SMILES string of the molecule is CN(C)c1cc(N2CCN(c3ccc(-n4cncn4)nn3)CC2)ncn1. The lowest BCUT2D eigenvalue weighted by atomic mass is 10.3. The van der Waals surface area contributed by atoms with Crippen LogP contribution < -0.4 is 14.7 Å². The van der Waals surface area contributed by atoms with Gasteiger partial charge in [-0.3, -0.25) is 0 Å². The monoisotopic (exact) mass is 352 g/mol. The molecule has 10 heteroatoms. The number of rotatable bonds is 4. The average molecular weight is 352 g/mol. The fourth-order valence-corrected chi connectivity index (χ4v) is 2.85. The molecule has 26 heavy (non-hydrogen) atoms. The van der Waals surface area contributed by atoms with E-state index in [9.17, 15) is 0 Å². The van der Waals surface area contributed by atoms with Crippen molar-refractivity contribution in [2.75, 3.05) is 55.0 Å². The van der Waals surface area contributed by atoms with Gasteiger partial charge in [0.2, 0.25) is 0 Å². The van der Waals surface area contributed by atoms with Crippen molar-refractivity contribution < 1.29 is 0 Å². The van der Waals surface area contributed by atoms with E-state index in [4.69, 9.17) is 0 Å². The van der Waals surface area contributed by atoms with Gasteiger partial charge in [-0.25, -0.2) is 19.6 Å². The number of hydrogen-bond donors (Lipinski definition) is 0. The highest BCUT2D eigenvalue weighted by Gasteiger charge is 2.20. The largest absolute Gasteiger partial charge is 0.363 e. The molecule has 0 unspecified atom stereocenters. The zero-order valence-corrected chi connectivity index (χ0v) is 14.8. The maximum Gasteiger partial charge on any atom is 0.177 e. The molecule has 1 saturated heterocycles. The first-order chi connectivity index (χ1) is 12.7. The van der Waals surface area contributed by atoms with Gasteiger partial charge in [0.25, 0.3) is 0 Å². The Bertz CT molecular complexity index is 838. The average Bonchev–Trinajstić information content (AvgIpc) is 3.23. The third-order valence-corrected chi connectivity index (χ3v) is 4.31. The first-order valence-corrected chi connectivity index (χ1v) is 8.39. The van der Waals surface area contributed by atoms with Gasteiger partial charge in [0.05, 0.1) is 0 Å². The van der Waals surface area contributed by atoms with Crippen LogP contribution in [0.25, 0.3) is 5.82 Å². The van der Waals surface area contributed by atoms with Gasteiger partial charge in [0, 0.05) is 46.3 Å². The molecule has 1 aliphatic heterocycles. The van der Waals surface area contributed by atoms with E-state index >= 15 is 0 Å². The minimum atomic E-state index is 0.655. The summed E-state index contributed by atoms with van der Waals surface area (Å²) < 4.78 is 1.59. The smallest absolute Gasteiger partial charge is 0.177 e. The lowest BCUT2D eigenvalue weighted by Gasteiger charge is -2.35. The third kappa shape index (κ3) is 3.25. The molecule has 0 spiro atoms. The van der Waals surface area contributed by atoms with Crippen LogP contribution in [0.2, 0.25) is 0 Å². The summed E-state index contributed by atoms with van der Waals surface area (Å²) in [6.07, 6.45) is 4.70. The standard InChI is InChI=1S/C16H20N10/c1-23(2)15-9-16(19-11-18-15)25-7-5-24(6-8-25)13-3-4-14(22-21-13)26-12-17-10-20-26/h3-4,9-12H,5-8H2,1-2H3. The van der Waals surface area contributed by atoms with Crippen LogP contribution in [-0.2, 0) is 0 Å². The maximum absolute atomic E-state index is 4.41. The highest BCUT2D eigenvalue weighted by Crippen LogP contribution is 2.19. The van der Waals surface area contributed by atoms with E-state index in [1.165, 1.54) is 6.33 Å². The van der Waals surface area contributed by atoms with Crippen LogP contribution in [0.5, 0.6) is 0 Å². The number of piperazine rings is 1. The number of hydrogen-bond acceptors (Lipinski definition) is 9. The van der Waals surface area contributed by atoms with Crippen LogP contribution >= 0.6 is 0 Å². The van der Waals surface area contributed by atoms with Crippen LogP contribution in [-0.4, -0.2) is 75.2 Å². The van der Waals surface area contributed by atoms with Crippen LogP contribution in [0.1, 0.15) is 0 Å². The van der Waals surface area contributed by atoms with Gasteiger partial charge in [-0.2, -0.15) is 5.10 Å². The molecule has 4 rings (SSSR count). The van der Waals surface area contributed by atoms with E-state index in [1.807, 2.05) is 37.2 Å². The van der Waals surface area contributed by atoms with Gasteiger partial charge < -0.3 is 14.7 Å². The lowest BCUT2D eigenvalue weighted by molar-refractivity contribution is 0.636. The molecule has 0 aliphatic carbocycles. The minimum Gasteiger partial charge on any atom is -0.363 e. The topological polar surface area (TPSA) is 92.0 Å². The van der Waals surface area contributed by atoms with Crippen molar-refractivity contribution >= 4 is 17.5 Å². The Morgan fingerprint density at radius 2 is 1.54 bits per heavy atom. The van der Waals surface area contributed by atoms with Gasteiger partial charge in [0.1, 0.15) is 30.6 Å². The second kappa shape index (κ2) is 6.90. The van der Waals surface area contributed by atoms with Crippen LogP contribution in [0.3, 0.4) is 0 Å². The number of aromatic nitrogens is 7. The van der Waals surface area contributed by atoms with Crippen molar-refractivity contribution in [2.45, 2.75) is 0 Å². The summed E-state index contributed by atoms with van der Waals surface area (Å²) in [6.45, 7) is 3.46. The molecule has 0 atom stereocenters. The van der Waals surface area contributed by atoms with E-state index in [1.54, 1.807) is 17.3 Å².